The maximum absolute atomic E-state index is 11.6. The number of likely N-dealkylation sites (N-methyl/N-ethyl adjacent to an activating group) is 2. The van der Waals surface area contributed by atoms with Gasteiger partial charge in [-0.1, -0.05) is 0 Å². The average Bonchev–Trinajstić information content (AvgIpc) is 2.30. The third-order valence-corrected chi connectivity index (χ3v) is 3.86. The van der Waals surface area contributed by atoms with Gasteiger partial charge < -0.3 is 16.0 Å². The summed E-state index contributed by atoms with van der Waals surface area (Å²) in [5.74, 6) is -0.158. The molecule has 0 spiro atoms. The third kappa shape index (κ3) is 3.84. The van der Waals surface area contributed by atoms with Crippen LogP contribution in [0.5, 0.6) is 0 Å². The normalized spacial score (nSPS) is 11.2. The lowest BCUT2D eigenvalue weighted by molar-refractivity contribution is -0.119. The van der Waals surface area contributed by atoms with Gasteiger partial charge in [-0.3, -0.25) is 4.79 Å². The molecule has 1 rings (SSSR count). The van der Waals surface area contributed by atoms with Gasteiger partial charge in [-0.2, -0.15) is 0 Å². The van der Waals surface area contributed by atoms with Gasteiger partial charge in [0.25, 0.3) is 0 Å². The molecule has 0 saturated heterocycles. The van der Waals surface area contributed by atoms with Crippen LogP contribution in [0, 0.1) is 6.92 Å². The van der Waals surface area contributed by atoms with Gasteiger partial charge in [0.2, 0.25) is 15.9 Å². The summed E-state index contributed by atoms with van der Waals surface area (Å²) in [6.45, 7) is 4.08. The highest BCUT2D eigenvalue weighted by molar-refractivity contribution is 7.89. The van der Waals surface area contributed by atoms with Crippen molar-refractivity contribution >= 4 is 27.3 Å². The molecule has 0 bridgehead atoms. The first-order valence-electron chi connectivity index (χ1n) is 6.07. The van der Waals surface area contributed by atoms with E-state index in [2.05, 4.69) is 5.32 Å². The number of hydrogen-bond donors (Lipinski definition) is 3. The van der Waals surface area contributed by atoms with Crippen molar-refractivity contribution < 1.29 is 13.2 Å². The number of nitrogens with zero attached hydrogens (tertiary/aromatic N) is 1. The Hall–Kier alpha value is -1.80. The van der Waals surface area contributed by atoms with Crippen molar-refractivity contribution in [2.24, 2.45) is 5.14 Å². The smallest absolute Gasteiger partial charge is 0.239 e. The lowest BCUT2D eigenvalue weighted by Crippen LogP contribution is -2.35. The Morgan fingerprint density at radius 2 is 2.00 bits per heavy atom. The van der Waals surface area contributed by atoms with E-state index in [1.807, 2.05) is 6.92 Å². The molecule has 0 heterocycles. The Bertz CT molecular complexity index is 613. The van der Waals surface area contributed by atoms with Crippen LogP contribution in [0.3, 0.4) is 0 Å². The lowest BCUT2D eigenvalue weighted by atomic mass is 10.1. The first-order valence-corrected chi connectivity index (χ1v) is 7.62. The van der Waals surface area contributed by atoms with Gasteiger partial charge in [-0.25, -0.2) is 13.6 Å². The molecule has 0 aromatic heterocycles. The van der Waals surface area contributed by atoms with E-state index in [0.717, 1.165) is 0 Å². The van der Waals surface area contributed by atoms with Crippen LogP contribution in [-0.2, 0) is 14.8 Å². The highest BCUT2D eigenvalue weighted by atomic mass is 32.2. The number of carbonyl (C=O) groups excluding carboxylic acids is 1. The summed E-state index contributed by atoms with van der Waals surface area (Å²) in [4.78, 5) is 13.2. The van der Waals surface area contributed by atoms with Gasteiger partial charge in [0.05, 0.1) is 11.4 Å². The van der Waals surface area contributed by atoms with Crippen LogP contribution in [0.25, 0.3) is 0 Å². The molecule has 0 aliphatic heterocycles. The summed E-state index contributed by atoms with van der Waals surface area (Å²) in [6, 6.07) is 2.93. The number of nitrogen functional groups attached to an aromatic ring is 1. The second kappa shape index (κ2) is 6.10. The molecule has 112 valence electrons. The number of amides is 1. The van der Waals surface area contributed by atoms with Gasteiger partial charge in [0, 0.05) is 25.0 Å². The summed E-state index contributed by atoms with van der Waals surface area (Å²) in [7, 11) is -2.17. The maximum Gasteiger partial charge on any atom is 0.239 e. The number of sulfonamides is 1. The monoisotopic (exact) mass is 300 g/mol. The van der Waals surface area contributed by atoms with Crippen LogP contribution in [-0.4, -0.2) is 34.5 Å². The summed E-state index contributed by atoms with van der Waals surface area (Å²) in [5, 5.41) is 7.83. The molecule has 1 amide bonds. The quantitative estimate of drug-likeness (QED) is 0.651. The van der Waals surface area contributed by atoms with Crippen molar-refractivity contribution in [1.82, 2.24) is 5.32 Å². The molecule has 1 aromatic carbocycles. The van der Waals surface area contributed by atoms with Crippen LogP contribution in [0.2, 0.25) is 0 Å². The van der Waals surface area contributed by atoms with Gasteiger partial charge in [0.15, 0.2) is 0 Å². The molecule has 1 aromatic rings. The van der Waals surface area contributed by atoms with E-state index in [1.54, 1.807) is 24.9 Å². The number of anilines is 2. The maximum atomic E-state index is 11.6. The third-order valence-electron chi connectivity index (χ3n) is 2.83. The Labute approximate surface area is 119 Å². The first kappa shape index (κ1) is 16.3. The summed E-state index contributed by atoms with van der Waals surface area (Å²) in [5.41, 5.74) is 7.00. The highest BCUT2D eigenvalue weighted by Gasteiger charge is 2.18. The number of nitrogens with two attached hydrogens (primary N) is 2. The Kier molecular flexibility index (Phi) is 4.96. The van der Waals surface area contributed by atoms with Crippen LogP contribution < -0.4 is 21.1 Å². The topological polar surface area (TPSA) is 119 Å². The standard InChI is InChI=1S/C12H20N4O3S/c1-4-15-12(17)7-16(3)10-5-9(13)6-11(8(10)2)20(14,18)19/h5-6H,4,7,13H2,1-3H3,(H,15,17)(H2,14,18,19). The molecule has 0 fully saturated rings. The van der Waals surface area contributed by atoms with Crippen molar-refractivity contribution in [2.45, 2.75) is 18.7 Å². The Balaban J connectivity index is 3.19. The second-order valence-electron chi connectivity index (χ2n) is 4.52. The molecule has 0 aliphatic rings. The van der Waals surface area contributed by atoms with Gasteiger partial charge in [-0.05, 0) is 31.5 Å². The fourth-order valence-corrected chi connectivity index (χ4v) is 2.77. The molecule has 0 radical (unpaired) electrons. The van der Waals surface area contributed by atoms with Gasteiger partial charge in [-0.15, -0.1) is 0 Å². The fraction of sp³-hybridized carbons (Fsp3) is 0.417. The first-order chi connectivity index (χ1) is 9.16. The van der Waals surface area contributed by atoms with Crippen molar-refractivity contribution in [3.8, 4) is 0 Å². The molecule has 20 heavy (non-hydrogen) atoms. The lowest BCUT2D eigenvalue weighted by Gasteiger charge is -2.22. The number of benzene rings is 1. The zero-order valence-electron chi connectivity index (χ0n) is 11.8. The number of nitrogens with one attached hydrogen (secondary N) is 1. The zero-order valence-corrected chi connectivity index (χ0v) is 12.6. The summed E-state index contributed by atoms with van der Waals surface area (Å²) in [6.07, 6.45) is 0. The number of rotatable bonds is 5. The van der Waals surface area contributed by atoms with E-state index >= 15 is 0 Å². The molecular weight excluding hydrogens is 280 g/mol. The molecule has 8 heteroatoms. The molecule has 7 nitrogen and oxygen atoms in total. The van der Waals surface area contributed by atoms with E-state index < -0.39 is 10.0 Å². The van der Waals surface area contributed by atoms with Crippen molar-refractivity contribution in [1.29, 1.82) is 0 Å². The van der Waals surface area contributed by atoms with Gasteiger partial charge in [0.1, 0.15) is 0 Å². The molecule has 0 aliphatic carbocycles. The van der Waals surface area contributed by atoms with Crippen molar-refractivity contribution in [2.75, 3.05) is 30.8 Å². The minimum absolute atomic E-state index is 0.0322. The molecule has 0 unspecified atom stereocenters. The molecule has 0 atom stereocenters. The predicted molar refractivity (Wildman–Crippen MR) is 78.9 cm³/mol. The minimum Gasteiger partial charge on any atom is -0.399 e. The summed E-state index contributed by atoms with van der Waals surface area (Å²) < 4.78 is 23.1. The van der Waals surface area contributed by atoms with E-state index in [4.69, 9.17) is 10.9 Å². The number of primary sulfonamides is 1. The van der Waals surface area contributed by atoms with Gasteiger partial charge >= 0.3 is 0 Å². The van der Waals surface area contributed by atoms with E-state index in [9.17, 15) is 13.2 Å². The van der Waals surface area contributed by atoms with Crippen LogP contribution in [0.15, 0.2) is 17.0 Å². The van der Waals surface area contributed by atoms with Crippen LogP contribution in [0.1, 0.15) is 12.5 Å². The summed E-state index contributed by atoms with van der Waals surface area (Å²) >= 11 is 0. The SMILES string of the molecule is CCNC(=O)CN(C)c1cc(N)cc(S(N)(=O)=O)c1C. The molecular formula is C12H20N4O3S. The number of carbonyl (C=O) groups is 1. The van der Waals surface area contributed by atoms with E-state index in [1.165, 1.54) is 6.07 Å². The Morgan fingerprint density at radius 3 is 2.50 bits per heavy atom. The molecule has 5 N–H and O–H groups in total. The van der Waals surface area contributed by atoms with E-state index in [-0.39, 0.29) is 23.0 Å². The second-order valence-corrected chi connectivity index (χ2v) is 6.05. The highest BCUT2D eigenvalue weighted by Crippen LogP contribution is 2.28. The largest absolute Gasteiger partial charge is 0.399 e. The van der Waals surface area contributed by atoms with Crippen LogP contribution >= 0.6 is 0 Å². The zero-order chi connectivity index (χ0) is 15.5. The van der Waals surface area contributed by atoms with E-state index in [0.29, 0.717) is 17.8 Å². The molecule has 0 saturated carbocycles. The minimum atomic E-state index is -3.86. The number of hydrogen-bond acceptors (Lipinski definition) is 5. The average molecular weight is 300 g/mol. The van der Waals surface area contributed by atoms with Crippen LogP contribution in [0.4, 0.5) is 11.4 Å². The predicted octanol–water partition coefficient (Wildman–Crippen LogP) is -0.203. The Morgan fingerprint density at radius 1 is 1.40 bits per heavy atom. The van der Waals surface area contributed by atoms with Crippen molar-refractivity contribution in [3.05, 3.63) is 17.7 Å². The van der Waals surface area contributed by atoms with Crippen molar-refractivity contribution in [3.63, 3.8) is 0 Å². The fourth-order valence-electron chi connectivity index (χ4n) is 1.94.